The third-order valence-corrected chi connectivity index (χ3v) is 2.72. The van der Waals surface area contributed by atoms with Crippen LogP contribution < -0.4 is 10.1 Å². The number of aryl methyl sites for hydroxylation is 1. The maximum Gasteiger partial charge on any atom is 0.119 e. The Kier molecular flexibility index (Phi) is 4.29. The summed E-state index contributed by atoms with van der Waals surface area (Å²) in [6, 6.07) is 10.2. The van der Waals surface area contributed by atoms with Crippen LogP contribution in [0.5, 0.6) is 5.75 Å². The van der Waals surface area contributed by atoms with Crippen LogP contribution in [0.1, 0.15) is 18.9 Å². The van der Waals surface area contributed by atoms with Crippen LogP contribution in [0.3, 0.4) is 0 Å². The average molecular weight is 244 g/mol. The van der Waals surface area contributed by atoms with Crippen molar-refractivity contribution in [2.24, 2.45) is 7.05 Å². The van der Waals surface area contributed by atoms with Crippen LogP contribution in [-0.4, -0.2) is 11.2 Å². The number of nitrogens with zero attached hydrogens (tertiary/aromatic N) is 1. The van der Waals surface area contributed by atoms with E-state index in [0.717, 1.165) is 31.0 Å². The van der Waals surface area contributed by atoms with E-state index in [1.807, 2.05) is 31.3 Å². The standard InChI is InChI=1S/C15H20N2O/c1-3-10-18-15-6-4-14(5-7-15)16-11-13-8-9-17(2)12-13/h4-9,12,16H,3,10-11H2,1-2H3. The van der Waals surface area contributed by atoms with Crippen molar-refractivity contribution in [2.45, 2.75) is 19.9 Å². The van der Waals surface area contributed by atoms with E-state index in [9.17, 15) is 0 Å². The van der Waals surface area contributed by atoms with Crippen molar-refractivity contribution in [3.8, 4) is 5.75 Å². The minimum absolute atomic E-state index is 0.775. The lowest BCUT2D eigenvalue weighted by atomic mass is 10.3. The van der Waals surface area contributed by atoms with Gasteiger partial charge in [0.2, 0.25) is 0 Å². The summed E-state index contributed by atoms with van der Waals surface area (Å²) in [5.41, 5.74) is 2.39. The van der Waals surface area contributed by atoms with Gasteiger partial charge in [-0.3, -0.25) is 0 Å². The molecule has 0 fully saturated rings. The average Bonchev–Trinajstić information content (AvgIpc) is 2.81. The molecule has 0 amide bonds. The summed E-state index contributed by atoms with van der Waals surface area (Å²) in [6.45, 7) is 3.72. The number of hydrogen-bond acceptors (Lipinski definition) is 2. The molecule has 0 saturated carbocycles. The molecule has 0 radical (unpaired) electrons. The Morgan fingerprint density at radius 1 is 1.17 bits per heavy atom. The van der Waals surface area contributed by atoms with Crippen molar-refractivity contribution in [1.29, 1.82) is 0 Å². The Labute approximate surface area is 108 Å². The van der Waals surface area contributed by atoms with Crippen LogP contribution in [0.2, 0.25) is 0 Å². The SMILES string of the molecule is CCCOc1ccc(NCc2ccn(C)c2)cc1. The van der Waals surface area contributed by atoms with Gasteiger partial charge in [0.1, 0.15) is 5.75 Å². The summed E-state index contributed by atoms with van der Waals surface area (Å²) in [5, 5.41) is 3.39. The molecular weight excluding hydrogens is 224 g/mol. The molecule has 0 aliphatic rings. The zero-order chi connectivity index (χ0) is 12.8. The summed E-state index contributed by atoms with van der Waals surface area (Å²) in [4.78, 5) is 0. The Hall–Kier alpha value is -1.90. The van der Waals surface area contributed by atoms with Gasteiger partial charge in [-0.05, 0) is 42.3 Å². The molecule has 0 saturated heterocycles. The summed E-state index contributed by atoms with van der Waals surface area (Å²) < 4.78 is 7.60. The van der Waals surface area contributed by atoms with Gasteiger partial charge in [-0.1, -0.05) is 6.92 Å². The van der Waals surface area contributed by atoms with Gasteiger partial charge in [0.15, 0.2) is 0 Å². The van der Waals surface area contributed by atoms with Crippen molar-refractivity contribution in [2.75, 3.05) is 11.9 Å². The molecular formula is C15H20N2O. The number of benzene rings is 1. The van der Waals surface area contributed by atoms with E-state index in [1.54, 1.807) is 0 Å². The smallest absolute Gasteiger partial charge is 0.119 e. The summed E-state index contributed by atoms with van der Waals surface area (Å²) >= 11 is 0. The van der Waals surface area contributed by atoms with Crippen LogP contribution in [0.15, 0.2) is 42.7 Å². The molecule has 3 heteroatoms. The maximum atomic E-state index is 5.55. The highest BCUT2D eigenvalue weighted by Crippen LogP contribution is 2.16. The second-order valence-corrected chi connectivity index (χ2v) is 4.41. The number of hydrogen-bond donors (Lipinski definition) is 1. The summed E-state index contributed by atoms with van der Waals surface area (Å²) in [6.07, 6.45) is 5.21. The highest BCUT2D eigenvalue weighted by molar-refractivity contribution is 5.46. The highest BCUT2D eigenvalue weighted by Gasteiger charge is 1.97. The first-order chi connectivity index (χ1) is 8.78. The molecule has 0 unspecified atom stereocenters. The summed E-state index contributed by atoms with van der Waals surface area (Å²) in [5.74, 6) is 0.933. The number of nitrogens with one attached hydrogen (secondary N) is 1. The van der Waals surface area contributed by atoms with Crippen LogP contribution in [-0.2, 0) is 13.6 Å². The van der Waals surface area contributed by atoms with Crippen molar-refractivity contribution in [3.05, 3.63) is 48.3 Å². The van der Waals surface area contributed by atoms with Gasteiger partial charge in [0.05, 0.1) is 6.61 Å². The molecule has 0 bridgehead atoms. The lowest BCUT2D eigenvalue weighted by molar-refractivity contribution is 0.317. The van der Waals surface area contributed by atoms with Gasteiger partial charge in [0.25, 0.3) is 0 Å². The first-order valence-electron chi connectivity index (χ1n) is 6.35. The summed E-state index contributed by atoms with van der Waals surface area (Å²) in [7, 11) is 2.03. The first kappa shape index (κ1) is 12.6. The van der Waals surface area contributed by atoms with E-state index >= 15 is 0 Å². The quantitative estimate of drug-likeness (QED) is 0.842. The lowest BCUT2D eigenvalue weighted by Crippen LogP contribution is -1.99. The largest absolute Gasteiger partial charge is 0.494 e. The molecule has 0 atom stereocenters. The van der Waals surface area contributed by atoms with Crippen molar-refractivity contribution >= 4 is 5.69 Å². The van der Waals surface area contributed by atoms with E-state index in [4.69, 9.17) is 4.74 Å². The van der Waals surface area contributed by atoms with Gasteiger partial charge in [-0.25, -0.2) is 0 Å². The van der Waals surface area contributed by atoms with Crippen LogP contribution >= 0.6 is 0 Å². The fraction of sp³-hybridized carbons (Fsp3) is 0.333. The van der Waals surface area contributed by atoms with E-state index in [-0.39, 0.29) is 0 Å². The van der Waals surface area contributed by atoms with E-state index in [0.29, 0.717) is 0 Å². The molecule has 0 aliphatic heterocycles. The van der Waals surface area contributed by atoms with Crippen LogP contribution in [0, 0.1) is 0 Å². The fourth-order valence-corrected chi connectivity index (χ4v) is 1.76. The number of aromatic nitrogens is 1. The number of anilines is 1. The molecule has 2 rings (SSSR count). The van der Waals surface area contributed by atoms with Gasteiger partial charge < -0.3 is 14.6 Å². The molecule has 0 spiro atoms. The molecule has 1 aromatic carbocycles. The molecule has 3 nitrogen and oxygen atoms in total. The third-order valence-electron chi connectivity index (χ3n) is 2.72. The fourth-order valence-electron chi connectivity index (χ4n) is 1.76. The molecule has 1 N–H and O–H groups in total. The first-order valence-corrected chi connectivity index (χ1v) is 6.35. The Balaban J connectivity index is 1.86. The van der Waals surface area contributed by atoms with Crippen molar-refractivity contribution in [1.82, 2.24) is 4.57 Å². The van der Waals surface area contributed by atoms with Crippen molar-refractivity contribution in [3.63, 3.8) is 0 Å². The monoisotopic (exact) mass is 244 g/mol. The molecule has 1 aromatic heterocycles. The maximum absolute atomic E-state index is 5.55. The third kappa shape index (κ3) is 3.55. The highest BCUT2D eigenvalue weighted by atomic mass is 16.5. The van der Waals surface area contributed by atoms with Gasteiger partial charge in [-0.2, -0.15) is 0 Å². The zero-order valence-electron chi connectivity index (χ0n) is 11.0. The van der Waals surface area contributed by atoms with Crippen LogP contribution in [0.4, 0.5) is 5.69 Å². The Morgan fingerprint density at radius 2 is 1.94 bits per heavy atom. The predicted molar refractivity (Wildman–Crippen MR) is 75.0 cm³/mol. The Morgan fingerprint density at radius 3 is 2.56 bits per heavy atom. The molecule has 2 aromatic rings. The van der Waals surface area contributed by atoms with E-state index in [1.165, 1.54) is 5.56 Å². The minimum Gasteiger partial charge on any atom is -0.494 e. The molecule has 1 heterocycles. The van der Waals surface area contributed by atoms with Gasteiger partial charge >= 0.3 is 0 Å². The lowest BCUT2D eigenvalue weighted by Gasteiger charge is -2.07. The van der Waals surface area contributed by atoms with Crippen molar-refractivity contribution < 1.29 is 4.74 Å². The van der Waals surface area contributed by atoms with Crippen LogP contribution in [0.25, 0.3) is 0 Å². The second-order valence-electron chi connectivity index (χ2n) is 4.41. The van der Waals surface area contributed by atoms with Gasteiger partial charge in [0, 0.05) is 31.7 Å². The minimum atomic E-state index is 0.775. The zero-order valence-corrected chi connectivity index (χ0v) is 11.0. The topological polar surface area (TPSA) is 26.2 Å². The molecule has 18 heavy (non-hydrogen) atoms. The number of ether oxygens (including phenoxy) is 1. The molecule has 96 valence electrons. The number of rotatable bonds is 6. The predicted octanol–water partition coefficient (Wildman–Crippen LogP) is 3.43. The van der Waals surface area contributed by atoms with Gasteiger partial charge in [-0.15, -0.1) is 0 Å². The second kappa shape index (κ2) is 6.15. The van der Waals surface area contributed by atoms with E-state index in [2.05, 4.69) is 35.3 Å². The normalized spacial score (nSPS) is 10.3. The molecule has 0 aliphatic carbocycles. The Bertz CT molecular complexity index is 473. The van der Waals surface area contributed by atoms with E-state index < -0.39 is 0 Å².